The summed E-state index contributed by atoms with van der Waals surface area (Å²) in [5.74, 6) is 0.514. The molecule has 3 heterocycles. The van der Waals surface area contributed by atoms with Crippen LogP contribution in [0.15, 0.2) is 48.7 Å². The van der Waals surface area contributed by atoms with Crippen LogP contribution in [0.5, 0.6) is 0 Å². The van der Waals surface area contributed by atoms with Crippen LogP contribution in [0.2, 0.25) is 0 Å². The van der Waals surface area contributed by atoms with E-state index in [0.717, 1.165) is 34.1 Å². The summed E-state index contributed by atoms with van der Waals surface area (Å²) >= 11 is 0. The lowest BCUT2D eigenvalue weighted by Gasteiger charge is -2.11. The van der Waals surface area contributed by atoms with Crippen molar-refractivity contribution < 1.29 is 4.79 Å². The van der Waals surface area contributed by atoms with E-state index in [4.69, 9.17) is 5.73 Å². The maximum atomic E-state index is 12.3. The van der Waals surface area contributed by atoms with Crippen LogP contribution in [0.25, 0.3) is 22.0 Å². The molecule has 28 heavy (non-hydrogen) atoms. The second kappa shape index (κ2) is 7.11. The van der Waals surface area contributed by atoms with Gasteiger partial charge in [0.15, 0.2) is 5.69 Å². The molecule has 4 rings (SSSR count). The predicted molar refractivity (Wildman–Crippen MR) is 110 cm³/mol. The van der Waals surface area contributed by atoms with Crippen LogP contribution in [0.3, 0.4) is 0 Å². The van der Waals surface area contributed by atoms with Crippen molar-refractivity contribution in [2.45, 2.75) is 20.3 Å². The predicted octanol–water partition coefficient (Wildman–Crippen LogP) is 3.73. The fraction of sp³-hybridized carbons (Fsp3) is 0.143. The summed E-state index contributed by atoms with van der Waals surface area (Å²) < 4.78 is 0. The number of aryl methyl sites for hydroxylation is 2. The van der Waals surface area contributed by atoms with Gasteiger partial charge in [0, 0.05) is 22.8 Å². The fourth-order valence-corrected chi connectivity index (χ4v) is 3.17. The number of nitrogens with zero attached hydrogens (tertiary/aromatic N) is 3. The number of H-pyrrole nitrogens is 1. The molecule has 0 atom stereocenters. The zero-order valence-corrected chi connectivity index (χ0v) is 15.7. The van der Waals surface area contributed by atoms with E-state index in [1.165, 1.54) is 5.56 Å². The van der Waals surface area contributed by atoms with Crippen LogP contribution < -0.4 is 11.1 Å². The smallest absolute Gasteiger partial charge is 0.277 e. The van der Waals surface area contributed by atoms with E-state index in [1.54, 1.807) is 18.3 Å². The summed E-state index contributed by atoms with van der Waals surface area (Å²) in [5.41, 5.74) is 10.4. The number of benzene rings is 1. The van der Waals surface area contributed by atoms with E-state index >= 15 is 0 Å². The first-order chi connectivity index (χ1) is 13.5. The van der Waals surface area contributed by atoms with Crippen molar-refractivity contribution in [3.63, 3.8) is 0 Å². The summed E-state index contributed by atoms with van der Waals surface area (Å²) in [4.78, 5) is 21.2. The average Bonchev–Trinajstić information content (AvgIpc) is 3.14. The molecule has 140 valence electrons. The van der Waals surface area contributed by atoms with Crippen molar-refractivity contribution in [1.29, 1.82) is 0 Å². The third-order valence-electron chi connectivity index (χ3n) is 4.60. The minimum absolute atomic E-state index is 0.311. The molecule has 0 radical (unpaired) electrons. The summed E-state index contributed by atoms with van der Waals surface area (Å²) in [6.07, 6.45) is 2.52. The summed E-state index contributed by atoms with van der Waals surface area (Å²) in [5, 5.41) is 11.1. The Hall–Kier alpha value is -3.74. The minimum atomic E-state index is -0.324. The van der Waals surface area contributed by atoms with Gasteiger partial charge in [0.1, 0.15) is 11.6 Å². The molecule has 0 unspecified atom stereocenters. The number of nitrogen functional groups attached to an aromatic ring is 1. The highest BCUT2D eigenvalue weighted by molar-refractivity contribution is 6.04. The second-order valence-electron chi connectivity index (χ2n) is 6.58. The first-order valence-corrected chi connectivity index (χ1v) is 9.03. The topological polar surface area (TPSA) is 110 Å². The normalized spacial score (nSPS) is 10.9. The van der Waals surface area contributed by atoms with Crippen molar-refractivity contribution in [1.82, 2.24) is 20.2 Å². The van der Waals surface area contributed by atoms with Crippen LogP contribution in [0.1, 0.15) is 28.7 Å². The Labute approximate surface area is 162 Å². The molecule has 0 fully saturated rings. The maximum Gasteiger partial charge on any atom is 0.277 e. The molecule has 1 amide bonds. The molecule has 4 N–H and O–H groups in total. The highest BCUT2D eigenvalue weighted by Crippen LogP contribution is 2.29. The molecule has 3 aromatic heterocycles. The molecule has 4 aromatic rings. The molecule has 0 saturated heterocycles. The molecular formula is C21H20N6O. The number of nitrogens with one attached hydrogen (secondary N) is 2. The number of carbonyl (C=O) groups is 1. The number of carbonyl (C=O) groups excluding carboxylic acids is 1. The summed E-state index contributed by atoms with van der Waals surface area (Å²) in [6, 6.07) is 13.6. The van der Waals surface area contributed by atoms with Gasteiger partial charge in [0.25, 0.3) is 5.91 Å². The van der Waals surface area contributed by atoms with E-state index in [-0.39, 0.29) is 5.91 Å². The van der Waals surface area contributed by atoms with Crippen molar-refractivity contribution in [3.8, 4) is 11.3 Å². The van der Waals surface area contributed by atoms with E-state index in [2.05, 4.69) is 38.5 Å². The lowest BCUT2D eigenvalue weighted by molar-refractivity contribution is 0.102. The molecule has 7 heteroatoms. The molecule has 0 aliphatic heterocycles. The monoisotopic (exact) mass is 372 g/mol. The van der Waals surface area contributed by atoms with Crippen molar-refractivity contribution in [3.05, 3.63) is 65.6 Å². The van der Waals surface area contributed by atoms with E-state index in [0.29, 0.717) is 17.3 Å². The molecule has 0 aliphatic carbocycles. The standard InChI is InChI=1S/C21H20N6O/c1-3-13-6-4-5-7-15(13)17-9-14-10-19(23-11-16(14)20(22)24-17)25-21(28)18-8-12(2)26-27-18/h4-11H,3H2,1-2H3,(H2,22,24)(H,26,27)(H,23,25,28). The number of nitrogens with two attached hydrogens (primary N) is 1. The van der Waals surface area contributed by atoms with Crippen LogP contribution in [-0.2, 0) is 6.42 Å². The molecule has 0 aliphatic rings. The van der Waals surface area contributed by atoms with Gasteiger partial charge in [-0.15, -0.1) is 0 Å². The lowest BCUT2D eigenvalue weighted by Crippen LogP contribution is -2.13. The van der Waals surface area contributed by atoms with Gasteiger partial charge in [-0.3, -0.25) is 9.89 Å². The van der Waals surface area contributed by atoms with Gasteiger partial charge in [0.05, 0.1) is 5.69 Å². The second-order valence-corrected chi connectivity index (χ2v) is 6.58. The van der Waals surface area contributed by atoms with Crippen LogP contribution in [0.4, 0.5) is 11.6 Å². The number of aromatic nitrogens is 4. The first kappa shape index (κ1) is 17.7. The van der Waals surface area contributed by atoms with Crippen LogP contribution >= 0.6 is 0 Å². The van der Waals surface area contributed by atoms with Crippen molar-refractivity contribution >= 4 is 28.3 Å². The van der Waals surface area contributed by atoms with Gasteiger partial charge in [-0.05, 0) is 42.5 Å². The zero-order valence-electron chi connectivity index (χ0n) is 15.7. The highest BCUT2D eigenvalue weighted by Gasteiger charge is 2.13. The Balaban J connectivity index is 1.73. The van der Waals surface area contributed by atoms with Crippen molar-refractivity contribution in [2.75, 3.05) is 11.1 Å². The van der Waals surface area contributed by atoms with Gasteiger partial charge >= 0.3 is 0 Å². The molecule has 0 spiro atoms. The van der Waals surface area contributed by atoms with Gasteiger partial charge in [0.2, 0.25) is 0 Å². The number of fused-ring (bicyclic) bond motifs is 1. The Kier molecular flexibility index (Phi) is 4.49. The van der Waals surface area contributed by atoms with Crippen LogP contribution in [-0.4, -0.2) is 26.1 Å². The Morgan fingerprint density at radius 2 is 2.04 bits per heavy atom. The SMILES string of the molecule is CCc1ccccc1-c1cc2cc(NC(=O)c3cc(C)[nH]n3)ncc2c(N)n1. The maximum absolute atomic E-state index is 12.3. The average molecular weight is 372 g/mol. The number of aromatic amines is 1. The number of hydrogen-bond acceptors (Lipinski definition) is 5. The molecule has 0 bridgehead atoms. The van der Waals surface area contributed by atoms with E-state index < -0.39 is 0 Å². The minimum Gasteiger partial charge on any atom is -0.383 e. The van der Waals surface area contributed by atoms with Gasteiger partial charge in [-0.1, -0.05) is 31.2 Å². The number of rotatable bonds is 4. The molecule has 0 saturated carbocycles. The van der Waals surface area contributed by atoms with E-state index in [1.807, 2.05) is 31.2 Å². The van der Waals surface area contributed by atoms with Gasteiger partial charge in [-0.25, -0.2) is 9.97 Å². The summed E-state index contributed by atoms with van der Waals surface area (Å²) in [6.45, 7) is 3.95. The number of amides is 1. The largest absolute Gasteiger partial charge is 0.383 e. The Bertz CT molecular complexity index is 1180. The molecule has 1 aromatic carbocycles. The quantitative estimate of drug-likeness (QED) is 0.506. The third kappa shape index (κ3) is 3.29. The highest BCUT2D eigenvalue weighted by atomic mass is 16.2. The third-order valence-corrected chi connectivity index (χ3v) is 4.60. The fourth-order valence-electron chi connectivity index (χ4n) is 3.17. The number of anilines is 2. The van der Waals surface area contributed by atoms with Crippen LogP contribution in [0, 0.1) is 6.92 Å². The molecule has 7 nitrogen and oxygen atoms in total. The number of hydrogen-bond donors (Lipinski definition) is 3. The first-order valence-electron chi connectivity index (χ1n) is 9.03. The van der Waals surface area contributed by atoms with E-state index in [9.17, 15) is 4.79 Å². The Morgan fingerprint density at radius 3 is 2.79 bits per heavy atom. The molecular weight excluding hydrogens is 352 g/mol. The number of pyridine rings is 2. The zero-order chi connectivity index (χ0) is 19.7. The van der Waals surface area contributed by atoms with Gasteiger partial charge < -0.3 is 11.1 Å². The lowest BCUT2D eigenvalue weighted by atomic mass is 10.0. The van der Waals surface area contributed by atoms with Gasteiger partial charge in [-0.2, -0.15) is 5.10 Å². The summed E-state index contributed by atoms with van der Waals surface area (Å²) in [7, 11) is 0. The Morgan fingerprint density at radius 1 is 1.21 bits per heavy atom. The van der Waals surface area contributed by atoms with Crippen molar-refractivity contribution in [2.24, 2.45) is 0 Å².